The van der Waals surface area contributed by atoms with Crippen LogP contribution in [0.15, 0.2) is 60.7 Å². The molecule has 0 saturated heterocycles. The molecule has 3 atom stereocenters. The molecule has 4 N–H and O–H groups in total. The fraction of sp³-hybridized carbons (Fsp3) is 0.174. The Morgan fingerprint density at radius 2 is 1.89 bits per heavy atom. The van der Waals surface area contributed by atoms with Crippen LogP contribution < -0.4 is 11.1 Å². The number of benzene rings is 3. The minimum absolute atomic E-state index is 0.0196. The van der Waals surface area contributed by atoms with Crippen molar-refractivity contribution in [1.29, 1.82) is 5.41 Å². The number of nitrogen functional groups attached to an aromatic ring is 1. The molecule has 3 unspecified atom stereocenters. The number of hydrogen-bond acceptors (Lipinski definition) is 2. The molecule has 1 aliphatic carbocycles. The topological polar surface area (TPSA) is 61.9 Å². The SMILES string of the molecule is N=C(N)c1ccc2c(c1)C1c3ccccc3CC1C(c1ccc(F)c(Cl)c1)N2. The Kier molecular flexibility index (Phi) is 3.91. The second-order valence-corrected chi connectivity index (χ2v) is 7.96. The van der Waals surface area contributed by atoms with Crippen LogP contribution in [0.3, 0.4) is 0 Å². The molecule has 0 bridgehead atoms. The fourth-order valence-corrected chi connectivity index (χ4v) is 4.95. The zero-order valence-electron chi connectivity index (χ0n) is 15.0. The van der Waals surface area contributed by atoms with Gasteiger partial charge in [0.15, 0.2) is 0 Å². The number of halogens is 2. The Hall–Kier alpha value is -2.85. The molecule has 140 valence electrons. The van der Waals surface area contributed by atoms with Gasteiger partial charge in [-0.3, -0.25) is 5.41 Å². The van der Waals surface area contributed by atoms with Crippen molar-refractivity contribution in [3.63, 3.8) is 0 Å². The Morgan fingerprint density at radius 1 is 1.07 bits per heavy atom. The standard InChI is InChI=1S/C23H19ClFN3/c24-18-11-13(5-7-19(18)25)22-17-9-12-3-1-2-4-15(12)21(17)16-10-14(23(26)27)6-8-20(16)28-22/h1-8,10-11,17,21-22,28H,9H2,(H3,26,27). The second-order valence-electron chi connectivity index (χ2n) is 7.56. The molecule has 0 spiro atoms. The van der Waals surface area contributed by atoms with E-state index in [1.807, 2.05) is 24.3 Å². The second kappa shape index (κ2) is 6.35. The van der Waals surface area contributed by atoms with Crippen LogP contribution in [0, 0.1) is 17.1 Å². The predicted octanol–water partition coefficient (Wildman–Crippen LogP) is 5.23. The molecule has 2 aliphatic rings. The summed E-state index contributed by atoms with van der Waals surface area (Å²) in [6.07, 6.45) is 0.928. The minimum Gasteiger partial charge on any atom is -0.384 e. The van der Waals surface area contributed by atoms with Gasteiger partial charge < -0.3 is 11.1 Å². The number of anilines is 1. The summed E-state index contributed by atoms with van der Waals surface area (Å²) in [5, 5.41) is 11.6. The summed E-state index contributed by atoms with van der Waals surface area (Å²) < 4.78 is 13.7. The summed E-state index contributed by atoms with van der Waals surface area (Å²) in [6, 6.07) is 19.4. The summed E-state index contributed by atoms with van der Waals surface area (Å²) in [6.45, 7) is 0. The van der Waals surface area contributed by atoms with Gasteiger partial charge in [0.2, 0.25) is 0 Å². The van der Waals surface area contributed by atoms with E-state index in [-0.39, 0.29) is 28.7 Å². The number of nitrogens with two attached hydrogens (primary N) is 1. The normalized spacial score (nSPS) is 22.0. The van der Waals surface area contributed by atoms with Gasteiger partial charge >= 0.3 is 0 Å². The van der Waals surface area contributed by atoms with Gasteiger partial charge in [-0.1, -0.05) is 41.9 Å². The smallest absolute Gasteiger partial charge is 0.141 e. The first-order valence-corrected chi connectivity index (χ1v) is 9.68. The Balaban J connectivity index is 1.68. The Morgan fingerprint density at radius 3 is 2.68 bits per heavy atom. The van der Waals surface area contributed by atoms with E-state index in [9.17, 15) is 4.39 Å². The molecule has 5 heteroatoms. The van der Waals surface area contributed by atoms with Crippen LogP contribution in [0.2, 0.25) is 5.02 Å². The Labute approximate surface area is 167 Å². The highest BCUT2D eigenvalue weighted by atomic mass is 35.5. The average Bonchev–Trinajstić information content (AvgIpc) is 3.09. The highest BCUT2D eigenvalue weighted by molar-refractivity contribution is 6.30. The van der Waals surface area contributed by atoms with Crippen molar-refractivity contribution in [2.24, 2.45) is 11.7 Å². The highest BCUT2D eigenvalue weighted by Gasteiger charge is 2.43. The molecule has 3 aromatic carbocycles. The summed E-state index contributed by atoms with van der Waals surface area (Å²) in [5.74, 6) is 0.131. The number of fused-ring (bicyclic) bond motifs is 5. The molecular weight excluding hydrogens is 373 g/mol. The largest absolute Gasteiger partial charge is 0.384 e. The van der Waals surface area contributed by atoms with E-state index in [4.69, 9.17) is 22.7 Å². The molecule has 5 rings (SSSR count). The monoisotopic (exact) mass is 391 g/mol. The van der Waals surface area contributed by atoms with Gasteiger partial charge in [-0.2, -0.15) is 0 Å². The fourth-order valence-electron chi connectivity index (χ4n) is 4.76. The third-order valence-corrected chi connectivity index (χ3v) is 6.30. The van der Waals surface area contributed by atoms with Crippen molar-refractivity contribution >= 4 is 23.1 Å². The van der Waals surface area contributed by atoms with Crippen molar-refractivity contribution < 1.29 is 4.39 Å². The van der Waals surface area contributed by atoms with E-state index in [2.05, 4.69) is 29.6 Å². The number of nitrogens with one attached hydrogen (secondary N) is 2. The van der Waals surface area contributed by atoms with E-state index in [0.29, 0.717) is 0 Å². The lowest BCUT2D eigenvalue weighted by atomic mass is 9.75. The maximum Gasteiger partial charge on any atom is 0.141 e. The van der Waals surface area contributed by atoms with Crippen LogP contribution in [0.1, 0.15) is 39.8 Å². The minimum atomic E-state index is -0.404. The van der Waals surface area contributed by atoms with Crippen LogP contribution in [-0.2, 0) is 6.42 Å². The maximum absolute atomic E-state index is 13.7. The highest BCUT2D eigenvalue weighted by Crippen LogP contribution is 2.54. The summed E-state index contributed by atoms with van der Waals surface area (Å²) in [7, 11) is 0. The first-order chi connectivity index (χ1) is 13.5. The molecule has 3 aromatic rings. The van der Waals surface area contributed by atoms with Gasteiger partial charge in [0.25, 0.3) is 0 Å². The first kappa shape index (κ1) is 17.3. The molecule has 3 nitrogen and oxygen atoms in total. The van der Waals surface area contributed by atoms with Crippen molar-refractivity contribution in [1.82, 2.24) is 0 Å². The van der Waals surface area contributed by atoms with E-state index in [1.165, 1.54) is 17.2 Å². The molecule has 1 aliphatic heterocycles. The van der Waals surface area contributed by atoms with E-state index in [0.717, 1.165) is 28.8 Å². The molecule has 28 heavy (non-hydrogen) atoms. The Bertz CT molecular complexity index is 1110. The molecule has 1 heterocycles. The lowest BCUT2D eigenvalue weighted by Gasteiger charge is -2.38. The third kappa shape index (κ3) is 2.60. The van der Waals surface area contributed by atoms with E-state index in [1.54, 1.807) is 6.07 Å². The van der Waals surface area contributed by atoms with Crippen LogP contribution in [-0.4, -0.2) is 5.84 Å². The van der Waals surface area contributed by atoms with Gasteiger partial charge in [-0.05, 0) is 64.9 Å². The predicted molar refractivity (Wildman–Crippen MR) is 111 cm³/mol. The molecule has 0 radical (unpaired) electrons. The van der Waals surface area contributed by atoms with Crippen LogP contribution in [0.4, 0.5) is 10.1 Å². The van der Waals surface area contributed by atoms with Crippen molar-refractivity contribution in [2.75, 3.05) is 5.32 Å². The van der Waals surface area contributed by atoms with Crippen molar-refractivity contribution in [2.45, 2.75) is 18.4 Å². The van der Waals surface area contributed by atoms with Crippen molar-refractivity contribution in [3.05, 3.63) is 99.3 Å². The van der Waals surface area contributed by atoms with Gasteiger partial charge in [-0.25, -0.2) is 4.39 Å². The van der Waals surface area contributed by atoms with Gasteiger partial charge in [0, 0.05) is 17.2 Å². The quantitative estimate of drug-likeness (QED) is 0.413. The number of hydrogen-bond donors (Lipinski definition) is 3. The molecule has 0 saturated carbocycles. The van der Waals surface area contributed by atoms with E-state index >= 15 is 0 Å². The molecule has 0 fully saturated rings. The summed E-state index contributed by atoms with van der Waals surface area (Å²) >= 11 is 6.08. The van der Waals surface area contributed by atoms with Gasteiger partial charge in [-0.15, -0.1) is 0 Å². The average molecular weight is 392 g/mol. The molecular formula is C23H19ClFN3. The number of rotatable bonds is 2. The molecule has 0 aromatic heterocycles. The van der Waals surface area contributed by atoms with Crippen LogP contribution in [0.5, 0.6) is 0 Å². The number of amidine groups is 1. The van der Waals surface area contributed by atoms with Crippen molar-refractivity contribution in [3.8, 4) is 0 Å². The van der Waals surface area contributed by atoms with Gasteiger partial charge in [0.1, 0.15) is 11.7 Å². The van der Waals surface area contributed by atoms with Gasteiger partial charge in [0.05, 0.1) is 11.1 Å². The van der Waals surface area contributed by atoms with E-state index < -0.39 is 5.82 Å². The zero-order chi connectivity index (χ0) is 19.4. The third-order valence-electron chi connectivity index (χ3n) is 6.01. The molecule has 0 amide bonds. The maximum atomic E-state index is 13.7. The zero-order valence-corrected chi connectivity index (χ0v) is 15.8. The lowest BCUT2D eigenvalue weighted by Crippen LogP contribution is -2.30. The summed E-state index contributed by atoms with van der Waals surface area (Å²) in [5.41, 5.74) is 12.3. The van der Waals surface area contributed by atoms with Crippen LogP contribution in [0.25, 0.3) is 0 Å². The first-order valence-electron chi connectivity index (χ1n) is 9.30. The lowest BCUT2D eigenvalue weighted by molar-refractivity contribution is 0.420. The van der Waals surface area contributed by atoms with Crippen LogP contribution >= 0.6 is 11.6 Å². The summed E-state index contributed by atoms with van der Waals surface area (Å²) in [4.78, 5) is 0.